The van der Waals surface area contributed by atoms with Crippen molar-refractivity contribution in [1.29, 1.82) is 0 Å². The van der Waals surface area contributed by atoms with E-state index in [9.17, 15) is 0 Å². The Hall–Kier alpha value is -4.68. The summed E-state index contributed by atoms with van der Waals surface area (Å²) in [5, 5.41) is 5.17. The Kier molecular flexibility index (Phi) is 5.94. The Morgan fingerprint density at radius 2 is 0.949 bits per heavy atom. The number of hydrogen-bond donors (Lipinski definition) is 0. The normalized spacial score (nSPS) is 15.0. The Morgan fingerprint density at radius 1 is 0.462 bits per heavy atom. The van der Waals surface area contributed by atoms with Crippen LogP contribution in [0, 0.1) is 5.92 Å². The number of hydrogen-bond acceptors (Lipinski definition) is 0. The fourth-order valence-corrected chi connectivity index (χ4v) is 6.18. The number of benzene rings is 6. The topological polar surface area (TPSA) is 0 Å². The summed E-state index contributed by atoms with van der Waals surface area (Å²) in [7, 11) is 0. The maximum atomic E-state index is 2.44. The highest BCUT2D eigenvalue weighted by Gasteiger charge is 2.19. The van der Waals surface area contributed by atoms with Crippen molar-refractivity contribution >= 4 is 27.1 Å². The second-order valence-corrected chi connectivity index (χ2v) is 10.6. The summed E-state index contributed by atoms with van der Waals surface area (Å²) in [4.78, 5) is 0. The molecule has 0 bridgehead atoms. The molecule has 0 aromatic heterocycles. The van der Waals surface area contributed by atoms with Crippen LogP contribution >= 0.6 is 0 Å². The molecule has 0 aliphatic heterocycles. The maximum absolute atomic E-state index is 2.44. The lowest BCUT2D eigenvalue weighted by Gasteiger charge is -2.22. The van der Waals surface area contributed by atoms with Crippen LogP contribution in [-0.4, -0.2) is 0 Å². The molecule has 1 aliphatic rings. The van der Waals surface area contributed by atoms with E-state index in [1.165, 1.54) is 66.1 Å². The average molecular weight is 499 g/mol. The largest absolute Gasteiger partial charge is 0.0839 e. The molecule has 0 amide bonds. The second-order valence-electron chi connectivity index (χ2n) is 10.6. The summed E-state index contributed by atoms with van der Waals surface area (Å²) in [6.45, 7) is 2.33. The summed E-state index contributed by atoms with van der Waals surface area (Å²) in [5.74, 6) is 0.509. The van der Waals surface area contributed by atoms with Crippen molar-refractivity contribution in [3.8, 4) is 33.4 Å². The minimum absolute atomic E-state index is 0.509. The Balaban J connectivity index is 1.62. The molecular weight excluding hydrogens is 468 g/mol. The summed E-state index contributed by atoms with van der Waals surface area (Å²) < 4.78 is 0. The van der Waals surface area contributed by atoms with Crippen molar-refractivity contribution in [2.75, 3.05) is 0 Å². The third kappa shape index (κ3) is 4.19. The molecule has 186 valence electrons. The maximum Gasteiger partial charge on any atom is -0.00261 e. The van der Waals surface area contributed by atoms with Gasteiger partial charge in [-0.3, -0.25) is 0 Å². The highest BCUT2D eigenvalue weighted by molar-refractivity contribution is 6.22. The van der Waals surface area contributed by atoms with Gasteiger partial charge in [-0.2, -0.15) is 0 Å². The van der Waals surface area contributed by atoms with E-state index >= 15 is 0 Å². The molecule has 6 aromatic rings. The third-order valence-corrected chi connectivity index (χ3v) is 8.11. The van der Waals surface area contributed by atoms with Crippen LogP contribution in [0.2, 0.25) is 0 Å². The van der Waals surface area contributed by atoms with Crippen LogP contribution in [0.15, 0.2) is 146 Å². The number of fused-ring (bicyclic) bond motifs is 2. The van der Waals surface area contributed by atoms with Gasteiger partial charge in [0.05, 0.1) is 0 Å². The van der Waals surface area contributed by atoms with Crippen molar-refractivity contribution < 1.29 is 0 Å². The zero-order valence-electron chi connectivity index (χ0n) is 22.1. The van der Waals surface area contributed by atoms with Gasteiger partial charge in [-0.1, -0.05) is 140 Å². The minimum Gasteiger partial charge on any atom is -0.0839 e. The van der Waals surface area contributed by atoms with Gasteiger partial charge in [-0.05, 0) is 90.5 Å². The summed E-state index contributed by atoms with van der Waals surface area (Å²) in [5.41, 5.74) is 10.3. The summed E-state index contributed by atoms with van der Waals surface area (Å²) >= 11 is 0. The molecule has 1 unspecified atom stereocenters. The molecule has 6 aromatic carbocycles. The summed E-state index contributed by atoms with van der Waals surface area (Å²) in [6.07, 6.45) is 7.86. The van der Waals surface area contributed by atoms with Gasteiger partial charge in [0.15, 0.2) is 0 Å². The first-order valence-corrected chi connectivity index (χ1v) is 13.8. The second kappa shape index (κ2) is 9.89. The zero-order chi connectivity index (χ0) is 26.2. The van der Waals surface area contributed by atoms with Crippen LogP contribution in [0.1, 0.15) is 18.9 Å². The molecule has 0 saturated carbocycles. The van der Waals surface area contributed by atoms with Crippen LogP contribution < -0.4 is 0 Å². The van der Waals surface area contributed by atoms with Crippen LogP contribution in [0.5, 0.6) is 0 Å². The predicted molar refractivity (Wildman–Crippen MR) is 169 cm³/mol. The van der Waals surface area contributed by atoms with E-state index in [-0.39, 0.29) is 0 Å². The van der Waals surface area contributed by atoms with E-state index in [2.05, 4.69) is 153 Å². The highest BCUT2D eigenvalue weighted by Crippen LogP contribution is 2.46. The third-order valence-electron chi connectivity index (χ3n) is 8.11. The van der Waals surface area contributed by atoms with Gasteiger partial charge in [0.25, 0.3) is 0 Å². The SMILES string of the molecule is CC1CC=CC=C1c1ccc2c(-c3ccccc3)c3cc(-c4ccccc4)ccc3c(-c3ccccc3)c2c1. The predicted octanol–water partition coefficient (Wildman–Crippen LogP) is 11.0. The molecule has 0 spiro atoms. The average Bonchev–Trinajstić information content (AvgIpc) is 3.01. The van der Waals surface area contributed by atoms with E-state index in [0.29, 0.717) is 5.92 Å². The van der Waals surface area contributed by atoms with Gasteiger partial charge in [-0.25, -0.2) is 0 Å². The lowest BCUT2D eigenvalue weighted by Crippen LogP contribution is -2.01. The van der Waals surface area contributed by atoms with Gasteiger partial charge in [-0.15, -0.1) is 0 Å². The molecule has 0 saturated heterocycles. The van der Waals surface area contributed by atoms with E-state index in [1.807, 2.05) is 0 Å². The molecule has 0 heteroatoms. The smallest absolute Gasteiger partial charge is 0.00261 e. The molecule has 0 radical (unpaired) electrons. The fourth-order valence-electron chi connectivity index (χ4n) is 6.18. The molecule has 0 N–H and O–H groups in total. The molecule has 1 atom stereocenters. The van der Waals surface area contributed by atoms with Gasteiger partial charge in [0, 0.05) is 0 Å². The van der Waals surface area contributed by atoms with Crippen molar-refractivity contribution in [2.24, 2.45) is 5.92 Å². The van der Waals surface area contributed by atoms with Crippen LogP contribution in [0.4, 0.5) is 0 Å². The van der Waals surface area contributed by atoms with E-state index in [1.54, 1.807) is 0 Å². The van der Waals surface area contributed by atoms with Crippen LogP contribution in [0.25, 0.3) is 60.5 Å². The Bertz CT molecular complexity index is 1860. The van der Waals surface area contributed by atoms with Crippen LogP contribution in [0.3, 0.4) is 0 Å². The van der Waals surface area contributed by atoms with E-state index < -0.39 is 0 Å². The summed E-state index contributed by atoms with van der Waals surface area (Å²) in [6, 6.07) is 46.6. The quantitative estimate of drug-likeness (QED) is 0.212. The van der Waals surface area contributed by atoms with Crippen molar-refractivity contribution in [2.45, 2.75) is 13.3 Å². The van der Waals surface area contributed by atoms with Gasteiger partial charge in [0.1, 0.15) is 0 Å². The fraction of sp³-hybridized carbons (Fsp3) is 0.0769. The number of allylic oxidation sites excluding steroid dienone is 4. The lowest BCUT2D eigenvalue weighted by atomic mass is 9.82. The molecule has 7 rings (SSSR count). The standard InChI is InChI=1S/C39H30/c1-27-13-11-12-20-33(27)32-22-24-35-37(26-32)39(30-18-9-4-10-19-30)34-23-21-31(28-14-5-2-6-15-28)25-36(34)38(35)29-16-7-3-8-17-29/h2-12,14-27H,13H2,1H3. The molecule has 0 nitrogen and oxygen atoms in total. The van der Waals surface area contributed by atoms with Crippen molar-refractivity contribution in [3.63, 3.8) is 0 Å². The number of rotatable bonds is 4. The molecule has 0 fully saturated rings. The molecule has 1 aliphatic carbocycles. The first-order chi connectivity index (χ1) is 19.3. The molecule has 39 heavy (non-hydrogen) atoms. The van der Waals surface area contributed by atoms with Crippen molar-refractivity contribution in [1.82, 2.24) is 0 Å². The van der Waals surface area contributed by atoms with Gasteiger partial charge >= 0.3 is 0 Å². The first kappa shape index (κ1) is 23.4. The minimum atomic E-state index is 0.509. The Labute approximate surface area is 230 Å². The van der Waals surface area contributed by atoms with Crippen LogP contribution in [-0.2, 0) is 0 Å². The lowest BCUT2D eigenvalue weighted by molar-refractivity contribution is 0.759. The first-order valence-electron chi connectivity index (χ1n) is 13.8. The van der Waals surface area contributed by atoms with Gasteiger partial charge in [0.2, 0.25) is 0 Å². The monoisotopic (exact) mass is 498 g/mol. The van der Waals surface area contributed by atoms with E-state index in [4.69, 9.17) is 0 Å². The van der Waals surface area contributed by atoms with Crippen molar-refractivity contribution in [3.05, 3.63) is 151 Å². The zero-order valence-corrected chi connectivity index (χ0v) is 22.1. The Morgan fingerprint density at radius 3 is 1.49 bits per heavy atom. The molecule has 0 heterocycles. The molecular formula is C39H30. The van der Waals surface area contributed by atoms with Gasteiger partial charge < -0.3 is 0 Å². The van der Waals surface area contributed by atoms with E-state index in [0.717, 1.165) is 6.42 Å². The highest BCUT2D eigenvalue weighted by atomic mass is 14.2.